The summed E-state index contributed by atoms with van der Waals surface area (Å²) in [5.74, 6) is -0.326. The number of benzene rings is 1. The number of nitrogens with zero attached hydrogens (tertiary/aromatic N) is 1. The van der Waals surface area contributed by atoms with E-state index in [0.29, 0.717) is 6.54 Å². The van der Waals surface area contributed by atoms with Crippen molar-refractivity contribution in [3.8, 4) is 0 Å². The number of amides is 2. The normalized spacial score (nSPS) is 16.6. The van der Waals surface area contributed by atoms with Gasteiger partial charge in [-0.25, -0.2) is 0 Å². The highest BCUT2D eigenvalue weighted by atomic mass is 79.9. The van der Waals surface area contributed by atoms with E-state index in [1.807, 2.05) is 26.0 Å². The van der Waals surface area contributed by atoms with Crippen molar-refractivity contribution in [1.29, 1.82) is 0 Å². The fourth-order valence-electron chi connectivity index (χ4n) is 2.75. The van der Waals surface area contributed by atoms with E-state index >= 15 is 0 Å². The lowest BCUT2D eigenvalue weighted by atomic mass is 9.95. The Balaban J connectivity index is 1.88. The second kappa shape index (κ2) is 7.66. The van der Waals surface area contributed by atoms with E-state index in [4.69, 9.17) is 5.73 Å². The quantitative estimate of drug-likeness (QED) is 0.741. The standard InChI is InChI=1S/C18H26BrN3O2/c1-12(2)16(20)17(24)21-10-15(23)22(3)11-18(8-9-18)13-4-6-14(19)7-5-13/h4-7,12,16H,8-11,20H2,1-3H3,(H,21,24)/t16-/m0/s1. The van der Waals surface area contributed by atoms with Crippen molar-refractivity contribution in [2.45, 2.75) is 38.1 Å². The second-order valence-corrected chi connectivity index (χ2v) is 7.94. The molecule has 1 atom stereocenters. The van der Waals surface area contributed by atoms with Crippen LogP contribution in [0.15, 0.2) is 28.7 Å². The highest BCUT2D eigenvalue weighted by Gasteiger charge is 2.45. The van der Waals surface area contributed by atoms with Gasteiger partial charge in [0.1, 0.15) is 0 Å². The average Bonchev–Trinajstić information content (AvgIpc) is 3.32. The van der Waals surface area contributed by atoms with Crippen LogP contribution in [0.2, 0.25) is 0 Å². The first-order valence-electron chi connectivity index (χ1n) is 8.28. The fraction of sp³-hybridized carbons (Fsp3) is 0.556. The lowest BCUT2D eigenvalue weighted by Crippen LogP contribution is -2.48. The Kier molecular flexibility index (Phi) is 6.04. The summed E-state index contributed by atoms with van der Waals surface area (Å²) >= 11 is 3.45. The van der Waals surface area contributed by atoms with Crippen LogP contribution in [0.1, 0.15) is 32.3 Å². The van der Waals surface area contributed by atoms with Gasteiger partial charge in [0.2, 0.25) is 11.8 Å². The first kappa shape index (κ1) is 18.9. The molecule has 2 rings (SSSR count). The van der Waals surface area contributed by atoms with Gasteiger partial charge in [0, 0.05) is 23.5 Å². The molecule has 6 heteroatoms. The highest BCUT2D eigenvalue weighted by Crippen LogP contribution is 2.48. The largest absolute Gasteiger partial charge is 0.346 e. The predicted molar refractivity (Wildman–Crippen MR) is 98.5 cm³/mol. The summed E-state index contributed by atoms with van der Waals surface area (Å²) < 4.78 is 1.05. The Morgan fingerprint density at radius 1 is 1.29 bits per heavy atom. The topological polar surface area (TPSA) is 75.4 Å². The number of halogens is 1. The zero-order chi connectivity index (χ0) is 17.9. The summed E-state index contributed by atoms with van der Waals surface area (Å²) in [6.07, 6.45) is 2.16. The van der Waals surface area contributed by atoms with E-state index in [2.05, 4.69) is 33.4 Å². The number of hydrogen-bond acceptors (Lipinski definition) is 3. The van der Waals surface area contributed by atoms with E-state index in [0.717, 1.165) is 17.3 Å². The molecular formula is C18H26BrN3O2. The molecule has 1 aromatic carbocycles. The van der Waals surface area contributed by atoms with Crippen LogP contribution in [0.5, 0.6) is 0 Å². The Labute approximate surface area is 152 Å². The third kappa shape index (κ3) is 4.57. The van der Waals surface area contributed by atoms with Crippen LogP contribution < -0.4 is 11.1 Å². The molecule has 0 aromatic heterocycles. The number of nitrogens with two attached hydrogens (primary N) is 1. The maximum Gasteiger partial charge on any atom is 0.241 e. The van der Waals surface area contributed by atoms with Crippen molar-refractivity contribution in [3.63, 3.8) is 0 Å². The third-order valence-electron chi connectivity index (χ3n) is 4.71. The van der Waals surface area contributed by atoms with Gasteiger partial charge in [-0.2, -0.15) is 0 Å². The molecule has 1 aliphatic rings. The summed E-state index contributed by atoms with van der Waals surface area (Å²) in [5.41, 5.74) is 7.10. The Bertz CT molecular complexity index is 597. The Morgan fingerprint density at radius 3 is 2.38 bits per heavy atom. The lowest BCUT2D eigenvalue weighted by molar-refractivity contribution is -0.132. The van der Waals surface area contributed by atoms with Gasteiger partial charge in [-0.1, -0.05) is 41.9 Å². The van der Waals surface area contributed by atoms with Gasteiger partial charge in [-0.3, -0.25) is 9.59 Å². The molecule has 2 amide bonds. The molecule has 5 nitrogen and oxygen atoms in total. The molecule has 1 aromatic rings. The number of likely N-dealkylation sites (N-methyl/N-ethyl adjacent to an activating group) is 1. The minimum absolute atomic E-state index is 0.00777. The average molecular weight is 396 g/mol. The van der Waals surface area contributed by atoms with Crippen molar-refractivity contribution < 1.29 is 9.59 Å². The third-order valence-corrected chi connectivity index (χ3v) is 5.24. The minimum Gasteiger partial charge on any atom is -0.346 e. The van der Waals surface area contributed by atoms with Crippen LogP contribution in [-0.2, 0) is 15.0 Å². The summed E-state index contributed by atoms with van der Waals surface area (Å²) in [6.45, 7) is 4.42. The van der Waals surface area contributed by atoms with Crippen molar-refractivity contribution >= 4 is 27.7 Å². The Hall–Kier alpha value is -1.40. The van der Waals surface area contributed by atoms with Crippen molar-refractivity contribution in [2.24, 2.45) is 11.7 Å². The number of hydrogen-bond donors (Lipinski definition) is 2. The molecule has 0 spiro atoms. The molecule has 1 aliphatic carbocycles. The number of carbonyl (C=O) groups excluding carboxylic acids is 2. The summed E-state index contributed by atoms with van der Waals surface area (Å²) in [4.78, 5) is 25.8. The van der Waals surface area contributed by atoms with Crippen LogP contribution in [0.4, 0.5) is 0 Å². The van der Waals surface area contributed by atoms with E-state index in [-0.39, 0.29) is 29.7 Å². The SMILES string of the molecule is CC(C)[C@H](N)C(=O)NCC(=O)N(C)CC1(c2ccc(Br)cc2)CC1. The molecule has 3 N–H and O–H groups in total. The molecule has 1 fully saturated rings. The van der Waals surface area contributed by atoms with Crippen LogP contribution in [0, 0.1) is 5.92 Å². The van der Waals surface area contributed by atoms with Crippen molar-refractivity contribution in [2.75, 3.05) is 20.1 Å². The molecule has 132 valence electrons. The van der Waals surface area contributed by atoms with Gasteiger partial charge in [0.25, 0.3) is 0 Å². The first-order valence-corrected chi connectivity index (χ1v) is 9.08. The smallest absolute Gasteiger partial charge is 0.241 e. The molecule has 0 aliphatic heterocycles. The van der Waals surface area contributed by atoms with Gasteiger partial charge >= 0.3 is 0 Å². The van der Waals surface area contributed by atoms with Gasteiger partial charge in [-0.15, -0.1) is 0 Å². The molecule has 0 unspecified atom stereocenters. The predicted octanol–water partition coefficient (Wildman–Crippen LogP) is 2.04. The zero-order valence-corrected chi connectivity index (χ0v) is 16.1. The van der Waals surface area contributed by atoms with Crippen molar-refractivity contribution in [3.05, 3.63) is 34.3 Å². The number of carbonyl (C=O) groups is 2. The van der Waals surface area contributed by atoms with Crippen LogP contribution in [-0.4, -0.2) is 42.9 Å². The molecular weight excluding hydrogens is 370 g/mol. The zero-order valence-electron chi connectivity index (χ0n) is 14.5. The van der Waals surface area contributed by atoms with E-state index in [9.17, 15) is 9.59 Å². The molecule has 24 heavy (non-hydrogen) atoms. The maximum absolute atomic E-state index is 12.3. The van der Waals surface area contributed by atoms with Crippen LogP contribution in [0.25, 0.3) is 0 Å². The number of rotatable bonds is 7. The summed E-state index contributed by atoms with van der Waals surface area (Å²) in [6, 6.07) is 7.70. The van der Waals surface area contributed by atoms with Gasteiger partial charge in [0.05, 0.1) is 12.6 Å². The van der Waals surface area contributed by atoms with Crippen LogP contribution in [0.3, 0.4) is 0 Å². The molecule has 1 saturated carbocycles. The maximum atomic E-state index is 12.3. The monoisotopic (exact) mass is 395 g/mol. The van der Waals surface area contributed by atoms with Gasteiger partial charge in [0.15, 0.2) is 0 Å². The van der Waals surface area contributed by atoms with Gasteiger partial charge in [-0.05, 0) is 36.5 Å². The molecule has 0 radical (unpaired) electrons. The van der Waals surface area contributed by atoms with E-state index < -0.39 is 6.04 Å². The Morgan fingerprint density at radius 2 is 1.88 bits per heavy atom. The van der Waals surface area contributed by atoms with Crippen LogP contribution >= 0.6 is 15.9 Å². The first-order chi connectivity index (χ1) is 11.2. The van der Waals surface area contributed by atoms with E-state index in [1.54, 1.807) is 11.9 Å². The molecule has 0 saturated heterocycles. The molecule has 0 bridgehead atoms. The number of nitrogens with one attached hydrogen (secondary N) is 1. The summed E-state index contributed by atoms with van der Waals surface area (Å²) in [5, 5.41) is 2.64. The van der Waals surface area contributed by atoms with E-state index in [1.165, 1.54) is 5.56 Å². The molecule has 0 heterocycles. The van der Waals surface area contributed by atoms with Crippen molar-refractivity contribution in [1.82, 2.24) is 10.2 Å². The minimum atomic E-state index is -0.583. The summed E-state index contributed by atoms with van der Waals surface area (Å²) in [7, 11) is 1.79. The second-order valence-electron chi connectivity index (χ2n) is 7.02. The van der Waals surface area contributed by atoms with Gasteiger partial charge < -0.3 is 16.0 Å². The fourth-order valence-corrected chi connectivity index (χ4v) is 3.02. The highest BCUT2D eigenvalue weighted by molar-refractivity contribution is 9.10. The lowest BCUT2D eigenvalue weighted by Gasteiger charge is -2.25.